The molecule has 14 heteroatoms. The molecule has 0 amide bonds. The number of esters is 2. The lowest BCUT2D eigenvalue weighted by Gasteiger charge is -2.41. The summed E-state index contributed by atoms with van der Waals surface area (Å²) in [4.78, 5) is 35.3. The fraction of sp³-hybridized carbons (Fsp3) is 0.944. The molecule has 1 aliphatic rings. The third-order valence-electron chi connectivity index (χ3n) is 9.20. The van der Waals surface area contributed by atoms with Gasteiger partial charge in [-0.2, -0.15) is 0 Å². The molecule has 1 saturated carbocycles. The summed E-state index contributed by atoms with van der Waals surface area (Å²) >= 11 is 0. The Hall–Kier alpha value is -1.15. The number of hydrogen-bond acceptors (Lipinski definition) is 12. The summed E-state index contributed by atoms with van der Waals surface area (Å²) in [6, 6.07) is 0. The molecule has 0 aromatic rings. The van der Waals surface area contributed by atoms with Gasteiger partial charge in [0.1, 0.15) is 43.2 Å². The van der Waals surface area contributed by atoms with Crippen LogP contribution in [0.1, 0.15) is 162 Å². The van der Waals surface area contributed by atoms with Gasteiger partial charge >= 0.3 is 19.8 Å². The number of unbranched alkanes of at least 4 members (excludes halogenated alkanes) is 19. The normalized spacial score (nSPS) is 24.1. The predicted octanol–water partition coefficient (Wildman–Crippen LogP) is 5.77. The van der Waals surface area contributed by atoms with Crippen molar-refractivity contribution in [3.05, 3.63) is 0 Å². The largest absolute Gasteiger partial charge is 0.472 e. The molecule has 1 aliphatic carbocycles. The van der Waals surface area contributed by atoms with Gasteiger partial charge in [-0.05, 0) is 12.8 Å². The molecule has 50 heavy (non-hydrogen) atoms. The minimum Gasteiger partial charge on any atom is -0.462 e. The molecular formula is C36H69O13P. The highest BCUT2D eigenvalue weighted by Crippen LogP contribution is 2.47. The summed E-state index contributed by atoms with van der Waals surface area (Å²) in [5, 5.41) is 49.8. The van der Waals surface area contributed by atoms with Gasteiger partial charge in [-0.3, -0.25) is 18.6 Å². The first-order chi connectivity index (χ1) is 23.9. The third kappa shape index (κ3) is 21.4. The van der Waals surface area contributed by atoms with Crippen LogP contribution in [-0.2, 0) is 32.7 Å². The number of phosphoric ester groups is 1. The summed E-state index contributed by atoms with van der Waals surface area (Å²) in [6.07, 6.45) is 10.6. The van der Waals surface area contributed by atoms with E-state index in [0.717, 1.165) is 51.4 Å². The quantitative estimate of drug-likeness (QED) is 0.0284. The smallest absolute Gasteiger partial charge is 0.462 e. The van der Waals surface area contributed by atoms with E-state index in [1.54, 1.807) is 0 Å². The highest BCUT2D eigenvalue weighted by atomic mass is 31.2. The molecule has 1 fully saturated rings. The van der Waals surface area contributed by atoms with Crippen LogP contribution in [0.3, 0.4) is 0 Å². The van der Waals surface area contributed by atoms with Gasteiger partial charge in [0, 0.05) is 12.8 Å². The van der Waals surface area contributed by atoms with Crippen molar-refractivity contribution < 1.29 is 63.1 Å². The number of hydrogen-bond donors (Lipinski definition) is 6. The summed E-state index contributed by atoms with van der Waals surface area (Å²) in [5.74, 6) is -1.10. The number of phosphoric acid groups is 1. The van der Waals surface area contributed by atoms with Gasteiger partial charge in [0.05, 0.1) is 6.61 Å². The van der Waals surface area contributed by atoms with Crippen LogP contribution in [0.2, 0.25) is 0 Å². The SMILES string of the molecule is CCCCCCCCCCCCCCCCC(=O)OC(COC(=O)CCCCCCCCC)COP(=O)(O)OC1C(O)C(O)C(O)C(O)C1O. The molecule has 0 aliphatic heterocycles. The number of aliphatic hydroxyl groups excluding tert-OH is 5. The lowest BCUT2D eigenvalue weighted by atomic mass is 9.85. The maximum Gasteiger partial charge on any atom is 0.472 e. The molecule has 6 atom stereocenters. The maximum atomic E-state index is 12.7. The highest BCUT2D eigenvalue weighted by molar-refractivity contribution is 7.47. The minimum absolute atomic E-state index is 0.104. The second-order valence-corrected chi connectivity index (χ2v) is 15.2. The Morgan fingerprint density at radius 1 is 0.540 bits per heavy atom. The average Bonchev–Trinajstić information content (AvgIpc) is 3.09. The van der Waals surface area contributed by atoms with Crippen molar-refractivity contribution in [2.24, 2.45) is 0 Å². The van der Waals surface area contributed by atoms with Crippen molar-refractivity contribution in [3.63, 3.8) is 0 Å². The summed E-state index contributed by atoms with van der Waals surface area (Å²) in [7, 11) is -5.09. The van der Waals surface area contributed by atoms with Gasteiger partial charge in [0.2, 0.25) is 0 Å². The molecule has 296 valence electrons. The van der Waals surface area contributed by atoms with E-state index >= 15 is 0 Å². The maximum absolute atomic E-state index is 12.7. The highest BCUT2D eigenvalue weighted by Gasteiger charge is 2.51. The molecule has 1 rings (SSSR count). The van der Waals surface area contributed by atoms with Gasteiger partial charge in [0.25, 0.3) is 0 Å². The lowest BCUT2D eigenvalue weighted by molar-refractivity contribution is -0.220. The summed E-state index contributed by atoms with van der Waals surface area (Å²) < 4.78 is 33.2. The molecule has 13 nitrogen and oxygen atoms in total. The van der Waals surface area contributed by atoms with E-state index in [1.165, 1.54) is 70.6 Å². The monoisotopic (exact) mass is 740 g/mol. The number of rotatable bonds is 31. The average molecular weight is 741 g/mol. The van der Waals surface area contributed by atoms with Crippen molar-refractivity contribution in [3.8, 4) is 0 Å². The number of carbonyl (C=O) groups excluding carboxylic acids is 2. The van der Waals surface area contributed by atoms with Crippen LogP contribution >= 0.6 is 7.82 Å². The van der Waals surface area contributed by atoms with Crippen molar-refractivity contribution in [2.45, 2.75) is 204 Å². The van der Waals surface area contributed by atoms with E-state index in [9.17, 15) is 44.6 Å². The van der Waals surface area contributed by atoms with Crippen LogP contribution in [0.25, 0.3) is 0 Å². The lowest BCUT2D eigenvalue weighted by Crippen LogP contribution is -2.64. The Labute approximate surface area is 300 Å². The first-order valence-corrected chi connectivity index (χ1v) is 20.8. The van der Waals surface area contributed by atoms with Crippen molar-refractivity contribution in [1.29, 1.82) is 0 Å². The Morgan fingerprint density at radius 3 is 1.32 bits per heavy atom. The molecular weight excluding hydrogens is 671 g/mol. The van der Waals surface area contributed by atoms with Crippen LogP contribution in [0.4, 0.5) is 0 Å². The molecule has 0 bridgehead atoms. The molecule has 6 unspecified atom stereocenters. The summed E-state index contributed by atoms with van der Waals surface area (Å²) in [5.41, 5.74) is 0. The van der Waals surface area contributed by atoms with Crippen LogP contribution in [0.15, 0.2) is 0 Å². The van der Waals surface area contributed by atoms with Crippen molar-refractivity contribution >= 4 is 19.8 Å². The third-order valence-corrected chi connectivity index (χ3v) is 10.2. The first kappa shape index (κ1) is 46.9. The summed E-state index contributed by atoms with van der Waals surface area (Å²) in [6.45, 7) is 3.22. The Balaban J connectivity index is 2.51. The molecule has 0 radical (unpaired) electrons. The van der Waals surface area contributed by atoms with Crippen molar-refractivity contribution in [1.82, 2.24) is 0 Å². The molecule has 0 saturated heterocycles. The van der Waals surface area contributed by atoms with Crippen LogP contribution in [0.5, 0.6) is 0 Å². The van der Waals surface area contributed by atoms with Gasteiger partial charge < -0.3 is 39.9 Å². The van der Waals surface area contributed by atoms with Crippen LogP contribution in [0, 0.1) is 0 Å². The van der Waals surface area contributed by atoms with E-state index in [4.69, 9.17) is 18.5 Å². The van der Waals surface area contributed by atoms with Gasteiger partial charge in [-0.15, -0.1) is 0 Å². The zero-order valence-corrected chi connectivity index (χ0v) is 31.6. The standard InChI is InChI=1S/C36H69O13P/c1-3-5-7-9-11-12-13-14-15-16-17-19-21-23-25-30(38)48-28(26-46-29(37)24-22-20-18-10-8-6-4-2)27-47-50(44,45)49-36-34(42)32(40)31(39)33(41)35(36)43/h28,31-36,39-43H,3-27H2,1-2H3,(H,44,45). The Bertz CT molecular complexity index is 906. The van der Waals surface area contributed by atoms with Gasteiger partial charge in [-0.1, -0.05) is 136 Å². The molecule has 0 heterocycles. The number of carbonyl (C=O) groups is 2. The Morgan fingerprint density at radius 2 is 0.900 bits per heavy atom. The van der Waals surface area contributed by atoms with E-state index in [1.807, 2.05) is 0 Å². The topological polar surface area (TPSA) is 210 Å². The number of ether oxygens (including phenoxy) is 2. The van der Waals surface area contributed by atoms with E-state index in [0.29, 0.717) is 12.8 Å². The number of aliphatic hydroxyl groups is 5. The van der Waals surface area contributed by atoms with Gasteiger partial charge in [0.15, 0.2) is 6.10 Å². The fourth-order valence-electron chi connectivity index (χ4n) is 5.99. The first-order valence-electron chi connectivity index (χ1n) is 19.3. The second kappa shape index (κ2) is 28.4. The van der Waals surface area contributed by atoms with E-state index < -0.39 is 75.7 Å². The van der Waals surface area contributed by atoms with E-state index in [2.05, 4.69) is 13.8 Å². The molecule has 6 N–H and O–H groups in total. The second-order valence-electron chi connectivity index (χ2n) is 13.8. The minimum atomic E-state index is -5.09. The molecule has 0 aromatic heterocycles. The Kier molecular flexibility index (Phi) is 26.6. The molecule has 0 aromatic carbocycles. The van der Waals surface area contributed by atoms with Crippen LogP contribution in [-0.4, -0.2) is 98.3 Å². The zero-order chi connectivity index (χ0) is 37.2. The molecule has 0 spiro atoms. The van der Waals surface area contributed by atoms with Crippen LogP contribution < -0.4 is 0 Å². The van der Waals surface area contributed by atoms with Gasteiger partial charge in [-0.25, -0.2) is 4.57 Å². The predicted molar refractivity (Wildman–Crippen MR) is 189 cm³/mol. The van der Waals surface area contributed by atoms with Crippen molar-refractivity contribution in [2.75, 3.05) is 13.2 Å². The fourth-order valence-corrected chi connectivity index (χ4v) is 6.96. The zero-order valence-electron chi connectivity index (χ0n) is 30.7. The van der Waals surface area contributed by atoms with E-state index in [-0.39, 0.29) is 12.8 Å².